The number of halogens is 1. The van der Waals surface area contributed by atoms with Crippen LogP contribution < -0.4 is 4.74 Å². The van der Waals surface area contributed by atoms with Gasteiger partial charge < -0.3 is 9.47 Å². The smallest absolute Gasteiger partial charge is 0.166 e. The van der Waals surface area contributed by atoms with Crippen molar-refractivity contribution in [3.63, 3.8) is 0 Å². The van der Waals surface area contributed by atoms with Crippen LogP contribution in [0.15, 0.2) is 54.7 Å². The second kappa shape index (κ2) is 8.37. The van der Waals surface area contributed by atoms with Gasteiger partial charge in [0.2, 0.25) is 0 Å². The van der Waals surface area contributed by atoms with E-state index >= 15 is 0 Å². The molecule has 2 aromatic carbocycles. The van der Waals surface area contributed by atoms with Crippen LogP contribution in [0, 0.1) is 0 Å². The SMILES string of the molecule is COCc1nn2cc3c(nc2c1-c1ccc(OC)cc1)CC(c1ccc(Cl)cc1)CC3=O. The Morgan fingerprint density at radius 2 is 1.81 bits per heavy atom. The van der Waals surface area contributed by atoms with Gasteiger partial charge in [-0.15, -0.1) is 0 Å². The molecule has 0 fully saturated rings. The van der Waals surface area contributed by atoms with Crippen LogP contribution in [-0.2, 0) is 17.8 Å². The van der Waals surface area contributed by atoms with Gasteiger partial charge in [-0.2, -0.15) is 5.10 Å². The number of Topliss-reactive ketones (excluding diaryl/α,β-unsaturated/α-hetero) is 1. The highest BCUT2D eigenvalue weighted by atomic mass is 35.5. The van der Waals surface area contributed by atoms with E-state index in [4.69, 9.17) is 26.1 Å². The minimum absolute atomic E-state index is 0.0769. The molecule has 4 aromatic rings. The number of nitrogens with zero attached hydrogens (tertiary/aromatic N) is 3. The fraction of sp³-hybridized carbons (Fsp3) is 0.240. The Bertz CT molecular complexity index is 1300. The Labute approximate surface area is 190 Å². The molecule has 0 amide bonds. The summed E-state index contributed by atoms with van der Waals surface area (Å²) in [5.74, 6) is 0.934. The van der Waals surface area contributed by atoms with Crippen LogP contribution in [0.25, 0.3) is 16.8 Å². The normalized spacial score (nSPS) is 15.7. The van der Waals surface area contributed by atoms with Crippen molar-refractivity contribution in [3.05, 3.63) is 82.3 Å². The first kappa shape index (κ1) is 20.7. The molecule has 1 unspecified atom stereocenters. The standard InChI is InChI=1S/C25H22ClN3O3/c1-31-14-22-24(16-5-9-19(32-2)10-6-16)25-27-21-11-17(15-3-7-18(26)8-4-15)12-23(30)20(21)13-29(25)28-22/h3-10,13,17H,11-12,14H2,1-2H3. The number of ether oxygens (including phenoxy) is 2. The molecule has 1 aliphatic carbocycles. The van der Waals surface area contributed by atoms with Crippen molar-refractivity contribution in [3.8, 4) is 16.9 Å². The number of methoxy groups -OCH3 is 2. The summed E-state index contributed by atoms with van der Waals surface area (Å²) in [5, 5.41) is 5.37. The minimum atomic E-state index is 0.0769. The molecule has 2 heterocycles. The monoisotopic (exact) mass is 447 g/mol. The zero-order valence-electron chi connectivity index (χ0n) is 17.8. The van der Waals surface area contributed by atoms with Gasteiger partial charge in [0.05, 0.1) is 36.2 Å². The van der Waals surface area contributed by atoms with Crippen molar-refractivity contribution in [2.75, 3.05) is 14.2 Å². The molecule has 0 radical (unpaired) electrons. The molecular weight excluding hydrogens is 426 g/mol. The predicted octanol–water partition coefficient (Wildman–Crippen LogP) is 5.12. The molecule has 0 saturated carbocycles. The summed E-state index contributed by atoms with van der Waals surface area (Å²) in [6.45, 7) is 0.344. The number of benzene rings is 2. The summed E-state index contributed by atoms with van der Waals surface area (Å²) >= 11 is 6.04. The van der Waals surface area contributed by atoms with Crippen molar-refractivity contribution < 1.29 is 14.3 Å². The summed E-state index contributed by atoms with van der Waals surface area (Å²) in [6.07, 6.45) is 2.94. The lowest BCUT2D eigenvalue weighted by molar-refractivity contribution is 0.0962. The van der Waals surface area contributed by atoms with Crippen molar-refractivity contribution in [2.24, 2.45) is 0 Å². The number of aromatic nitrogens is 3. The molecule has 0 spiro atoms. The van der Waals surface area contributed by atoms with E-state index in [2.05, 4.69) is 5.10 Å². The van der Waals surface area contributed by atoms with Crippen LogP contribution in [0.1, 0.15) is 39.6 Å². The van der Waals surface area contributed by atoms with E-state index < -0.39 is 0 Å². The molecule has 2 aromatic heterocycles. The number of carbonyl (C=O) groups is 1. The van der Waals surface area contributed by atoms with E-state index in [1.165, 1.54) is 0 Å². The van der Waals surface area contributed by atoms with Gasteiger partial charge in [0, 0.05) is 24.8 Å². The second-order valence-electron chi connectivity index (χ2n) is 7.93. The summed E-state index contributed by atoms with van der Waals surface area (Å²) in [5.41, 5.74) is 5.89. The average molecular weight is 448 g/mol. The minimum Gasteiger partial charge on any atom is -0.497 e. The van der Waals surface area contributed by atoms with Crippen molar-refractivity contribution >= 4 is 23.0 Å². The van der Waals surface area contributed by atoms with Crippen LogP contribution in [0.2, 0.25) is 5.02 Å². The maximum absolute atomic E-state index is 13.0. The third kappa shape index (κ3) is 3.66. The highest BCUT2D eigenvalue weighted by Crippen LogP contribution is 2.35. The number of rotatable bonds is 5. The molecule has 5 rings (SSSR count). The average Bonchev–Trinajstić information content (AvgIpc) is 3.15. The lowest BCUT2D eigenvalue weighted by Crippen LogP contribution is -2.21. The van der Waals surface area contributed by atoms with Gasteiger partial charge in [0.25, 0.3) is 0 Å². The number of ketones is 1. The lowest BCUT2D eigenvalue weighted by atomic mass is 9.82. The summed E-state index contributed by atoms with van der Waals surface area (Å²) < 4.78 is 12.4. The first-order chi connectivity index (χ1) is 15.6. The Kier molecular flexibility index (Phi) is 5.41. The Balaban J connectivity index is 1.62. The molecule has 0 aliphatic heterocycles. The van der Waals surface area contributed by atoms with Crippen LogP contribution in [-0.4, -0.2) is 34.6 Å². The first-order valence-electron chi connectivity index (χ1n) is 10.4. The highest BCUT2D eigenvalue weighted by Gasteiger charge is 2.29. The lowest BCUT2D eigenvalue weighted by Gasteiger charge is -2.23. The zero-order valence-corrected chi connectivity index (χ0v) is 18.6. The molecule has 32 heavy (non-hydrogen) atoms. The fourth-order valence-corrected chi connectivity index (χ4v) is 4.47. The third-order valence-electron chi connectivity index (χ3n) is 5.93. The molecule has 0 N–H and O–H groups in total. The van der Waals surface area contributed by atoms with Gasteiger partial charge in [-0.1, -0.05) is 35.9 Å². The molecule has 0 bridgehead atoms. The Hall–Kier alpha value is -3.22. The fourth-order valence-electron chi connectivity index (χ4n) is 4.34. The van der Waals surface area contributed by atoms with Crippen molar-refractivity contribution in [1.29, 1.82) is 0 Å². The maximum atomic E-state index is 13.0. The third-order valence-corrected chi connectivity index (χ3v) is 6.19. The van der Waals surface area contributed by atoms with Crippen LogP contribution in [0.3, 0.4) is 0 Å². The van der Waals surface area contributed by atoms with E-state index in [-0.39, 0.29) is 11.7 Å². The largest absolute Gasteiger partial charge is 0.497 e. The van der Waals surface area contributed by atoms with E-state index in [0.717, 1.165) is 33.8 Å². The Morgan fingerprint density at radius 3 is 2.50 bits per heavy atom. The number of hydrogen-bond donors (Lipinski definition) is 0. The van der Waals surface area contributed by atoms with E-state index in [9.17, 15) is 4.79 Å². The van der Waals surface area contributed by atoms with Gasteiger partial charge in [-0.25, -0.2) is 9.50 Å². The molecule has 7 heteroatoms. The quantitative estimate of drug-likeness (QED) is 0.425. The van der Waals surface area contributed by atoms with Crippen LogP contribution in [0.5, 0.6) is 5.75 Å². The van der Waals surface area contributed by atoms with Crippen molar-refractivity contribution in [1.82, 2.24) is 14.6 Å². The highest BCUT2D eigenvalue weighted by molar-refractivity contribution is 6.30. The zero-order chi connectivity index (χ0) is 22.2. The molecule has 6 nitrogen and oxygen atoms in total. The molecule has 1 atom stereocenters. The van der Waals surface area contributed by atoms with E-state index in [1.807, 2.05) is 54.7 Å². The van der Waals surface area contributed by atoms with Gasteiger partial charge in [0.1, 0.15) is 5.75 Å². The van der Waals surface area contributed by atoms with Gasteiger partial charge in [-0.3, -0.25) is 4.79 Å². The number of carbonyl (C=O) groups excluding carboxylic acids is 1. The topological polar surface area (TPSA) is 65.7 Å². The van der Waals surface area contributed by atoms with E-state index in [0.29, 0.717) is 35.7 Å². The summed E-state index contributed by atoms with van der Waals surface area (Å²) in [6, 6.07) is 15.5. The second-order valence-corrected chi connectivity index (χ2v) is 8.37. The Morgan fingerprint density at radius 1 is 1.06 bits per heavy atom. The summed E-state index contributed by atoms with van der Waals surface area (Å²) in [4.78, 5) is 17.9. The first-order valence-corrected chi connectivity index (χ1v) is 10.8. The molecule has 162 valence electrons. The van der Waals surface area contributed by atoms with Crippen molar-refractivity contribution in [2.45, 2.75) is 25.4 Å². The van der Waals surface area contributed by atoms with Gasteiger partial charge in [-0.05, 0) is 47.7 Å². The summed E-state index contributed by atoms with van der Waals surface area (Å²) in [7, 11) is 3.28. The molecule has 0 saturated heterocycles. The van der Waals surface area contributed by atoms with Gasteiger partial charge >= 0.3 is 0 Å². The number of fused-ring (bicyclic) bond motifs is 2. The van der Waals surface area contributed by atoms with Crippen LogP contribution in [0.4, 0.5) is 0 Å². The van der Waals surface area contributed by atoms with Crippen LogP contribution >= 0.6 is 11.6 Å². The predicted molar refractivity (Wildman–Crippen MR) is 123 cm³/mol. The number of hydrogen-bond acceptors (Lipinski definition) is 5. The molecular formula is C25H22ClN3O3. The van der Waals surface area contributed by atoms with Gasteiger partial charge in [0.15, 0.2) is 11.4 Å². The maximum Gasteiger partial charge on any atom is 0.166 e. The molecule has 1 aliphatic rings. The van der Waals surface area contributed by atoms with E-state index in [1.54, 1.807) is 18.7 Å².